The van der Waals surface area contributed by atoms with E-state index in [1.54, 1.807) is 6.20 Å². The summed E-state index contributed by atoms with van der Waals surface area (Å²) in [5.74, 6) is 0.922. The number of aliphatic imine (C=N–C) groups is 1. The fourth-order valence-electron chi connectivity index (χ4n) is 3.14. The topological polar surface area (TPSA) is 54.2 Å². The van der Waals surface area contributed by atoms with Gasteiger partial charge in [-0.25, -0.2) is 9.67 Å². The highest BCUT2D eigenvalue weighted by Crippen LogP contribution is 2.28. The molecule has 0 amide bonds. The second-order valence-corrected chi connectivity index (χ2v) is 7.46. The van der Waals surface area contributed by atoms with Crippen LogP contribution in [0.25, 0.3) is 5.69 Å². The van der Waals surface area contributed by atoms with Crippen LogP contribution in [0, 0.1) is 0 Å². The van der Waals surface area contributed by atoms with E-state index in [4.69, 9.17) is 4.99 Å². The molecule has 5 nitrogen and oxygen atoms in total. The molecule has 25 heavy (non-hydrogen) atoms. The van der Waals surface area contributed by atoms with Gasteiger partial charge in [0.2, 0.25) is 0 Å². The lowest BCUT2D eigenvalue weighted by Gasteiger charge is -2.17. The number of rotatable bonds is 6. The molecule has 6 heteroatoms. The number of benzene rings is 1. The van der Waals surface area contributed by atoms with Gasteiger partial charge >= 0.3 is 0 Å². The van der Waals surface area contributed by atoms with Crippen molar-refractivity contribution in [2.45, 2.75) is 44.0 Å². The lowest BCUT2D eigenvalue weighted by atomic mass is 10.2. The Kier molecular flexibility index (Phi) is 6.39. The number of thioether (sulfide) groups is 1. The molecule has 0 spiro atoms. The lowest BCUT2D eigenvalue weighted by Crippen LogP contribution is -2.42. The molecule has 2 N–H and O–H groups in total. The molecule has 2 aromatic rings. The number of nitrogens with one attached hydrogen (secondary N) is 2. The van der Waals surface area contributed by atoms with Crippen molar-refractivity contribution in [2.24, 2.45) is 4.99 Å². The third kappa shape index (κ3) is 5.01. The average Bonchev–Trinajstić information content (AvgIpc) is 3.32. The third-order valence-electron chi connectivity index (χ3n) is 4.53. The SMILES string of the molecule is CCNC(=NCc1ccc(-n2cccn2)cc1)NC1CCC(SC)C1. The van der Waals surface area contributed by atoms with Crippen LogP contribution in [0.1, 0.15) is 31.7 Å². The van der Waals surface area contributed by atoms with Gasteiger partial charge in [-0.15, -0.1) is 0 Å². The van der Waals surface area contributed by atoms with Crippen LogP contribution in [-0.2, 0) is 6.54 Å². The standard InChI is InChI=1S/C19H27N5S/c1-3-20-19(23-16-7-10-18(13-16)25-2)21-14-15-5-8-17(9-6-15)24-12-4-11-22-24/h4-6,8-9,11-12,16,18H,3,7,10,13-14H2,1-2H3,(H2,20,21,23). The molecule has 2 atom stereocenters. The van der Waals surface area contributed by atoms with E-state index in [9.17, 15) is 0 Å². The molecule has 1 aromatic heterocycles. The predicted octanol–water partition coefficient (Wildman–Crippen LogP) is 3.21. The van der Waals surface area contributed by atoms with Crippen molar-refractivity contribution in [3.05, 3.63) is 48.3 Å². The maximum atomic E-state index is 4.76. The monoisotopic (exact) mass is 357 g/mol. The largest absolute Gasteiger partial charge is 0.357 e. The second-order valence-electron chi connectivity index (χ2n) is 6.32. The average molecular weight is 358 g/mol. The van der Waals surface area contributed by atoms with Gasteiger partial charge in [-0.3, -0.25) is 0 Å². The third-order valence-corrected chi connectivity index (χ3v) is 5.62. The zero-order chi connectivity index (χ0) is 17.5. The van der Waals surface area contributed by atoms with E-state index >= 15 is 0 Å². The first kappa shape index (κ1) is 17.9. The summed E-state index contributed by atoms with van der Waals surface area (Å²) < 4.78 is 1.86. The fraction of sp³-hybridized carbons (Fsp3) is 0.474. The van der Waals surface area contributed by atoms with Crippen LogP contribution in [0.3, 0.4) is 0 Å². The normalized spacial score (nSPS) is 20.6. The Morgan fingerprint density at radius 3 is 2.80 bits per heavy atom. The Labute approximate surface area is 154 Å². The molecule has 0 radical (unpaired) electrons. The van der Waals surface area contributed by atoms with Gasteiger partial charge in [-0.2, -0.15) is 16.9 Å². The van der Waals surface area contributed by atoms with Crippen LogP contribution in [0.4, 0.5) is 0 Å². The van der Waals surface area contributed by atoms with Gasteiger partial charge in [0.1, 0.15) is 0 Å². The van der Waals surface area contributed by atoms with E-state index in [0.717, 1.165) is 23.4 Å². The van der Waals surface area contributed by atoms with Crippen LogP contribution in [0.15, 0.2) is 47.7 Å². The highest BCUT2D eigenvalue weighted by molar-refractivity contribution is 7.99. The number of hydrogen-bond acceptors (Lipinski definition) is 3. The van der Waals surface area contributed by atoms with E-state index in [0.29, 0.717) is 12.6 Å². The van der Waals surface area contributed by atoms with Crippen molar-refractivity contribution in [1.29, 1.82) is 0 Å². The molecule has 1 aliphatic rings. The van der Waals surface area contributed by atoms with E-state index < -0.39 is 0 Å². The highest BCUT2D eigenvalue weighted by atomic mass is 32.2. The van der Waals surface area contributed by atoms with E-state index in [2.05, 4.69) is 53.2 Å². The summed E-state index contributed by atoms with van der Waals surface area (Å²) in [6.45, 7) is 3.66. The summed E-state index contributed by atoms with van der Waals surface area (Å²) in [7, 11) is 0. The Morgan fingerprint density at radius 1 is 1.32 bits per heavy atom. The Bertz CT molecular complexity index is 666. The summed E-state index contributed by atoms with van der Waals surface area (Å²) in [5, 5.41) is 12.0. The molecule has 1 heterocycles. The summed E-state index contributed by atoms with van der Waals surface area (Å²) in [4.78, 5) is 4.76. The zero-order valence-electron chi connectivity index (χ0n) is 15.0. The minimum absolute atomic E-state index is 0.539. The van der Waals surface area contributed by atoms with Crippen LogP contribution < -0.4 is 10.6 Å². The van der Waals surface area contributed by atoms with Crippen molar-refractivity contribution < 1.29 is 0 Å². The van der Waals surface area contributed by atoms with Crippen LogP contribution in [0.5, 0.6) is 0 Å². The van der Waals surface area contributed by atoms with Gasteiger partial charge in [-0.1, -0.05) is 12.1 Å². The maximum Gasteiger partial charge on any atom is 0.191 e. The molecule has 0 aliphatic heterocycles. The summed E-state index contributed by atoms with van der Waals surface area (Å²) in [6.07, 6.45) is 9.70. The van der Waals surface area contributed by atoms with Gasteiger partial charge in [0, 0.05) is 30.2 Å². The molecule has 134 valence electrons. The van der Waals surface area contributed by atoms with Crippen molar-refractivity contribution in [2.75, 3.05) is 12.8 Å². The van der Waals surface area contributed by atoms with Gasteiger partial charge in [0.25, 0.3) is 0 Å². The number of nitrogens with zero attached hydrogens (tertiary/aromatic N) is 3. The van der Waals surface area contributed by atoms with Gasteiger partial charge in [0.05, 0.1) is 12.2 Å². The van der Waals surface area contributed by atoms with E-state index in [1.807, 2.05) is 28.7 Å². The summed E-state index contributed by atoms with van der Waals surface area (Å²) in [6, 6.07) is 10.9. The Hall–Kier alpha value is -1.95. The molecule has 1 fully saturated rings. The Morgan fingerprint density at radius 2 is 2.16 bits per heavy atom. The smallest absolute Gasteiger partial charge is 0.191 e. The molecule has 1 aliphatic carbocycles. The predicted molar refractivity (Wildman–Crippen MR) is 106 cm³/mol. The quantitative estimate of drug-likeness (QED) is 0.616. The molecule has 0 saturated heterocycles. The van der Waals surface area contributed by atoms with Crippen LogP contribution >= 0.6 is 11.8 Å². The van der Waals surface area contributed by atoms with Gasteiger partial charge in [0.15, 0.2) is 5.96 Å². The van der Waals surface area contributed by atoms with Gasteiger partial charge < -0.3 is 10.6 Å². The molecular formula is C19H27N5S. The van der Waals surface area contributed by atoms with E-state index in [1.165, 1.54) is 24.8 Å². The maximum absolute atomic E-state index is 4.76. The lowest BCUT2D eigenvalue weighted by molar-refractivity contribution is 0.615. The summed E-state index contributed by atoms with van der Waals surface area (Å²) in [5.41, 5.74) is 2.26. The van der Waals surface area contributed by atoms with Crippen LogP contribution in [0.2, 0.25) is 0 Å². The fourth-order valence-corrected chi connectivity index (χ4v) is 3.94. The molecule has 3 rings (SSSR count). The van der Waals surface area contributed by atoms with Crippen molar-refractivity contribution in [3.63, 3.8) is 0 Å². The number of aromatic nitrogens is 2. The second kappa shape index (κ2) is 8.94. The molecule has 0 bridgehead atoms. The number of hydrogen-bond donors (Lipinski definition) is 2. The van der Waals surface area contributed by atoms with Crippen molar-refractivity contribution in [1.82, 2.24) is 20.4 Å². The Balaban J connectivity index is 1.59. The minimum atomic E-state index is 0.539. The number of guanidine groups is 1. The van der Waals surface area contributed by atoms with Gasteiger partial charge in [-0.05, 0) is 56.2 Å². The highest BCUT2D eigenvalue weighted by Gasteiger charge is 2.24. The molecule has 2 unspecified atom stereocenters. The first-order chi connectivity index (χ1) is 12.3. The molecule has 1 saturated carbocycles. The molecular weight excluding hydrogens is 330 g/mol. The summed E-state index contributed by atoms with van der Waals surface area (Å²) >= 11 is 1.98. The zero-order valence-corrected chi connectivity index (χ0v) is 15.8. The van der Waals surface area contributed by atoms with E-state index in [-0.39, 0.29) is 0 Å². The van der Waals surface area contributed by atoms with Crippen LogP contribution in [-0.4, -0.2) is 39.8 Å². The van der Waals surface area contributed by atoms with Crippen molar-refractivity contribution in [3.8, 4) is 5.69 Å². The first-order valence-electron chi connectivity index (χ1n) is 8.95. The van der Waals surface area contributed by atoms with Crippen molar-refractivity contribution >= 4 is 17.7 Å². The minimum Gasteiger partial charge on any atom is -0.357 e. The first-order valence-corrected chi connectivity index (χ1v) is 10.2. The molecule has 1 aromatic carbocycles.